The molecule has 2 aromatic rings. The molecule has 1 amide bonds. The van der Waals surface area contributed by atoms with Gasteiger partial charge in [-0.3, -0.25) is 4.79 Å². The number of nitrogens with two attached hydrogens (primary N) is 1. The predicted octanol–water partition coefficient (Wildman–Crippen LogP) is 2.52. The standard InChI is InChI=1S/C16H21FN4O.ClH/c1-10(18)6-7-19-16(22)13-4-5-15(14(17)9-13)21-12(3)8-11(2)20-21;/h4-5,8-10H,6-7,18H2,1-3H3,(H,19,22);1H. The van der Waals surface area contributed by atoms with Gasteiger partial charge >= 0.3 is 0 Å². The highest BCUT2D eigenvalue weighted by Crippen LogP contribution is 2.17. The number of hydrogen-bond donors (Lipinski definition) is 2. The van der Waals surface area contributed by atoms with Gasteiger partial charge in [0.1, 0.15) is 11.5 Å². The summed E-state index contributed by atoms with van der Waals surface area (Å²) < 4.78 is 15.8. The van der Waals surface area contributed by atoms with Crippen molar-refractivity contribution in [2.45, 2.75) is 33.2 Å². The van der Waals surface area contributed by atoms with Crippen LogP contribution in [0.3, 0.4) is 0 Å². The Morgan fingerprint density at radius 3 is 2.61 bits per heavy atom. The van der Waals surface area contributed by atoms with E-state index < -0.39 is 5.82 Å². The first-order valence-corrected chi connectivity index (χ1v) is 7.25. The molecule has 0 radical (unpaired) electrons. The largest absolute Gasteiger partial charge is 0.352 e. The number of carbonyl (C=O) groups excluding carboxylic acids is 1. The van der Waals surface area contributed by atoms with E-state index in [4.69, 9.17) is 5.73 Å². The molecular formula is C16H22ClFN4O. The summed E-state index contributed by atoms with van der Waals surface area (Å²) in [7, 11) is 0. The van der Waals surface area contributed by atoms with E-state index in [1.54, 1.807) is 12.1 Å². The molecule has 0 aliphatic rings. The molecule has 0 aliphatic heterocycles. The molecule has 1 aromatic heterocycles. The third-order valence-electron chi connectivity index (χ3n) is 3.33. The summed E-state index contributed by atoms with van der Waals surface area (Å²) in [4.78, 5) is 12.0. The van der Waals surface area contributed by atoms with E-state index in [0.29, 0.717) is 18.7 Å². The predicted molar refractivity (Wildman–Crippen MR) is 90.8 cm³/mol. The molecule has 126 valence electrons. The maximum atomic E-state index is 14.3. The monoisotopic (exact) mass is 340 g/mol. The number of amides is 1. The number of aromatic nitrogens is 2. The van der Waals surface area contributed by atoms with Crippen LogP contribution in [0.4, 0.5) is 4.39 Å². The molecule has 1 heterocycles. The van der Waals surface area contributed by atoms with Crippen molar-refractivity contribution in [3.05, 3.63) is 47.0 Å². The second-order valence-corrected chi connectivity index (χ2v) is 5.53. The fraction of sp³-hybridized carbons (Fsp3) is 0.375. The molecule has 23 heavy (non-hydrogen) atoms. The van der Waals surface area contributed by atoms with E-state index in [1.807, 2.05) is 26.8 Å². The highest BCUT2D eigenvalue weighted by atomic mass is 35.5. The van der Waals surface area contributed by atoms with Gasteiger partial charge < -0.3 is 11.1 Å². The Morgan fingerprint density at radius 1 is 1.39 bits per heavy atom. The van der Waals surface area contributed by atoms with Crippen LogP contribution in [0.15, 0.2) is 24.3 Å². The van der Waals surface area contributed by atoms with Gasteiger partial charge in [-0.1, -0.05) is 0 Å². The summed E-state index contributed by atoms with van der Waals surface area (Å²) in [6.07, 6.45) is 0.679. The van der Waals surface area contributed by atoms with E-state index in [9.17, 15) is 9.18 Å². The molecule has 1 atom stereocenters. The van der Waals surface area contributed by atoms with Crippen LogP contribution >= 0.6 is 12.4 Å². The van der Waals surface area contributed by atoms with Gasteiger partial charge in [-0.15, -0.1) is 12.4 Å². The number of benzene rings is 1. The highest BCUT2D eigenvalue weighted by molar-refractivity contribution is 5.94. The molecule has 0 saturated heterocycles. The van der Waals surface area contributed by atoms with Crippen LogP contribution in [0, 0.1) is 19.7 Å². The third-order valence-corrected chi connectivity index (χ3v) is 3.33. The molecule has 2 rings (SSSR count). The lowest BCUT2D eigenvalue weighted by molar-refractivity contribution is 0.0952. The van der Waals surface area contributed by atoms with Crippen LogP contribution in [-0.2, 0) is 0 Å². The van der Waals surface area contributed by atoms with E-state index >= 15 is 0 Å². The summed E-state index contributed by atoms with van der Waals surface area (Å²) in [5.41, 5.74) is 7.89. The zero-order valence-corrected chi connectivity index (χ0v) is 14.3. The number of halogens is 2. The smallest absolute Gasteiger partial charge is 0.251 e. The van der Waals surface area contributed by atoms with E-state index in [2.05, 4.69) is 10.4 Å². The lowest BCUT2D eigenvalue weighted by Crippen LogP contribution is -2.29. The molecule has 1 aromatic carbocycles. The van der Waals surface area contributed by atoms with Gasteiger partial charge in [-0.05, 0) is 51.5 Å². The molecule has 0 bridgehead atoms. The first kappa shape index (κ1) is 19.1. The Morgan fingerprint density at radius 2 is 2.09 bits per heavy atom. The number of nitrogens with one attached hydrogen (secondary N) is 1. The summed E-state index contributed by atoms with van der Waals surface area (Å²) in [6, 6.07) is 6.28. The van der Waals surface area contributed by atoms with Crippen LogP contribution in [-0.4, -0.2) is 28.3 Å². The van der Waals surface area contributed by atoms with Crippen LogP contribution in [0.1, 0.15) is 35.1 Å². The first-order valence-electron chi connectivity index (χ1n) is 7.25. The summed E-state index contributed by atoms with van der Waals surface area (Å²) in [5, 5.41) is 6.97. The maximum absolute atomic E-state index is 14.3. The molecule has 0 aliphatic carbocycles. The number of carbonyl (C=O) groups is 1. The van der Waals surface area contributed by atoms with Crippen molar-refractivity contribution in [2.75, 3.05) is 6.54 Å². The zero-order chi connectivity index (χ0) is 16.3. The molecule has 0 fully saturated rings. The third kappa shape index (κ3) is 4.77. The van der Waals surface area contributed by atoms with Crippen LogP contribution in [0.2, 0.25) is 0 Å². The quantitative estimate of drug-likeness (QED) is 0.878. The van der Waals surface area contributed by atoms with Crippen molar-refractivity contribution in [1.29, 1.82) is 0 Å². The molecule has 3 N–H and O–H groups in total. The average Bonchev–Trinajstić information content (AvgIpc) is 2.77. The minimum absolute atomic E-state index is 0. The Balaban J connectivity index is 0.00000264. The normalized spacial score (nSPS) is 11.7. The topological polar surface area (TPSA) is 72.9 Å². The number of rotatable bonds is 5. The summed E-state index contributed by atoms with van der Waals surface area (Å²) >= 11 is 0. The molecular weight excluding hydrogens is 319 g/mol. The molecule has 7 heteroatoms. The van der Waals surface area contributed by atoms with E-state index in [-0.39, 0.29) is 29.9 Å². The number of aryl methyl sites for hydroxylation is 2. The molecule has 1 unspecified atom stereocenters. The second kappa shape index (κ2) is 8.08. The van der Waals surface area contributed by atoms with Crippen LogP contribution in [0.25, 0.3) is 5.69 Å². The van der Waals surface area contributed by atoms with Crippen molar-refractivity contribution < 1.29 is 9.18 Å². The Labute approximate surface area is 141 Å². The lowest BCUT2D eigenvalue weighted by atomic mass is 10.1. The van der Waals surface area contributed by atoms with Gasteiger partial charge in [0.05, 0.1) is 5.69 Å². The van der Waals surface area contributed by atoms with Gasteiger partial charge in [0.2, 0.25) is 0 Å². The van der Waals surface area contributed by atoms with Crippen LogP contribution < -0.4 is 11.1 Å². The van der Waals surface area contributed by atoms with Crippen molar-refractivity contribution in [3.8, 4) is 5.69 Å². The minimum Gasteiger partial charge on any atom is -0.352 e. The Kier molecular flexibility index (Phi) is 6.72. The number of hydrogen-bond acceptors (Lipinski definition) is 3. The van der Waals surface area contributed by atoms with Crippen molar-refractivity contribution in [2.24, 2.45) is 5.73 Å². The van der Waals surface area contributed by atoms with Gasteiger partial charge in [0, 0.05) is 23.8 Å². The summed E-state index contributed by atoms with van der Waals surface area (Å²) in [6.45, 7) is 6.04. The van der Waals surface area contributed by atoms with Gasteiger partial charge in [-0.2, -0.15) is 5.10 Å². The Bertz CT molecular complexity index is 685. The zero-order valence-electron chi connectivity index (χ0n) is 13.5. The molecule has 0 spiro atoms. The van der Waals surface area contributed by atoms with E-state index in [1.165, 1.54) is 10.7 Å². The van der Waals surface area contributed by atoms with Gasteiger partial charge in [-0.25, -0.2) is 9.07 Å². The van der Waals surface area contributed by atoms with Crippen molar-refractivity contribution >= 4 is 18.3 Å². The second-order valence-electron chi connectivity index (χ2n) is 5.53. The Hall–Kier alpha value is -1.92. The van der Waals surface area contributed by atoms with E-state index in [0.717, 1.165) is 11.4 Å². The molecule has 5 nitrogen and oxygen atoms in total. The van der Waals surface area contributed by atoms with Gasteiger partial charge in [0.25, 0.3) is 5.91 Å². The summed E-state index contributed by atoms with van der Waals surface area (Å²) in [5.74, 6) is -0.787. The fourth-order valence-electron chi connectivity index (χ4n) is 2.21. The lowest BCUT2D eigenvalue weighted by Gasteiger charge is -2.10. The first-order chi connectivity index (χ1) is 10.4. The molecule has 0 saturated carbocycles. The van der Waals surface area contributed by atoms with Gasteiger partial charge in [0.15, 0.2) is 0 Å². The minimum atomic E-state index is -0.481. The fourth-order valence-corrected chi connectivity index (χ4v) is 2.21. The van der Waals surface area contributed by atoms with Crippen molar-refractivity contribution in [3.63, 3.8) is 0 Å². The maximum Gasteiger partial charge on any atom is 0.251 e. The SMILES string of the molecule is Cc1cc(C)n(-c2ccc(C(=O)NCCC(C)N)cc2F)n1.Cl. The average molecular weight is 341 g/mol. The number of nitrogens with zero attached hydrogens (tertiary/aromatic N) is 2. The van der Waals surface area contributed by atoms with Crippen molar-refractivity contribution in [1.82, 2.24) is 15.1 Å². The van der Waals surface area contributed by atoms with Crippen LogP contribution in [0.5, 0.6) is 0 Å². The highest BCUT2D eigenvalue weighted by Gasteiger charge is 2.13.